The smallest absolute Gasteiger partial charge is 0.433 e. The summed E-state index contributed by atoms with van der Waals surface area (Å²) in [7, 11) is 2.48. The van der Waals surface area contributed by atoms with Crippen LogP contribution in [-0.2, 0) is 15.8 Å². The van der Waals surface area contributed by atoms with Crippen LogP contribution < -0.4 is 5.73 Å². The lowest BCUT2D eigenvalue weighted by Crippen LogP contribution is -2.27. The van der Waals surface area contributed by atoms with Crippen molar-refractivity contribution in [3.05, 3.63) is 34.7 Å². The molecule has 1 aromatic rings. The molecule has 0 bridgehead atoms. The van der Waals surface area contributed by atoms with Gasteiger partial charge in [0.1, 0.15) is 12.3 Å². The summed E-state index contributed by atoms with van der Waals surface area (Å²) in [5, 5.41) is 0.798. The van der Waals surface area contributed by atoms with Gasteiger partial charge in [0.2, 0.25) is 0 Å². The molecule has 1 rings (SSSR count). The molecule has 0 aliphatic heterocycles. The summed E-state index contributed by atoms with van der Waals surface area (Å²) in [6, 6.07) is 0.657. The molecule has 0 aliphatic rings. The summed E-state index contributed by atoms with van der Waals surface area (Å²) in [4.78, 5) is 30.8. The summed E-state index contributed by atoms with van der Waals surface area (Å²) in [5.74, 6) is -0.758. The molecule has 1 heterocycles. The average molecular weight is 347 g/mol. The Morgan fingerprint density at radius 3 is 2.54 bits per heavy atom. The number of aromatic nitrogens is 1. The fourth-order valence-corrected chi connectivity index (χ4v) is 1.70. The Morgan fingerprint density at radius 1 is 1.42 bits per heavy atom. The maximum Gasteiger partial charge on any atom is 0.433 e. The van der Waals surface area contributed by atoms with E-state index in [0.717, 1.165) is 5.06 Å². The van der Waals surface area contributed by atoms with Gasteiger partial charge < -0.3 is 10.5 Å². The van der Waals surface area contributed by atoms with Crippen molar-refractivity contribution < 1.29 is 32.3 Å². The number of carbonyl (C=O) groups excluding carboxylic acids is 2. The van der Waals surface area contributed by atoms with Crippen LogP contribution in [0.1, 0.15) is 27.3 Å². The number of primary amides is 1. The van der Waals surface area contributed by atoms with Gasteiger partial charge >= 0.3 is 12.3 Å². The topological polar surface area (TPSA) is 94.8 Å². The summed E-state index contributed by atoms with van der Waals surface area (Å²) in [5.41, 5.74) is 3.46. The van der Waals surface area contributed by atoms with Crippen LogP contribution in [0.15, 0.2) is 12.1 Å². The predicted molar refractivity (Wildman–Crippen MR) is 77.6 cm³/mol. The third kappa shape index (κ3) is 4.95. The van der Waals surface area contributed by atoms with Crippen LogP contribution in [0.5, 0.6) is 0 Å². The van der Waals surface area contributed by atoms with E-state index in [-0.39, 0.29) is 23.4 Å². The molecular weight excluding hydrogens is 331 g/mol. The van der Waals surface area contributed by atoms with E-state index in [1.165, 1.54) is 33.2 Å². The summed E-state index contributed by atoms with van der Waals surface area (Å²) >= 11 is 0. The molecule has 0 aromatic carbocycles. The second kappa shape index (κ2) is 7.77. The SMILES string of the molecule is CON(C)C(=O)c1cc(C(F)(F)F)nc(/C=C/COC(N)=O)c1C. The van der Waals surface area contributed by atoms with Crippen molar-refractivity contribution in [2.75, 3.05) is 20.8 Å². The molecule has 0 unspecified atom stereocenters. The quantitative estimate of drug-likeness (QED) is 0.824. The molecule has 0 aliphatic carbocycles. The van der Waals surface area contributed by atoms with E-state index in [0.29, 0.717) is 6.07 Å². The molecule has 24 heavy (non-hydrogen) atoms. The van der Waals surface area contributed by atoms with E-state index in [2.05, 4.69) is 9.72 Å². The highest BCUT2D eigenvalue weighted by Gasteiger charge is 2.34. The minimum Gasteiger partial charge on any atom is -0.445 e. The molecule has 0 saturated heterocycles. The van der Waals surface area contributed by atoms with Crippen molar-refractivity contribution in [1.29, 1.82) is 0 Å². The van der Waals surface area contributed by atoms with Gasteiger partial charge in [0.05, 0.1) is 12.8 Å². The molecule has 0 spiro atoms. The molecule has 0 saturated carbocycles. The molecule has 2 amide bonds. The van der Waals surface area contributed by atoms with Crippen LogP contribution in [0.2, 0.25) is 0 Å². The summed E-state index contributed by atoms with van der Waals surface area (Å²) < 4.78 is 43.4. The van der Waals surface area contributed by atoms with Crippen LogP contribution in [0.4, 0.5) is 18.0 Å². The van der Waals surface area contributed by atoms with Crippen molar-refractivity contribution in [3.63, 3.8) is 0 Å². The maximum absolute atomic E-state index is 13.0. The molecule has 0 fully saturated rings. The zero-order chi connectivity index (χ0) is 18.5. The summed E-state index contributed by atoms with van der Waals surface area (Å²) in [6.45, 7) is 1.20. The minimum atomic E-state index is -4.74. The lowest BCUT2D eigenvalue weighted by atomic mass is 10.0. The number of nitrogens with two attached hydrogens (primary N) is 1. The van der Waals surface area contributed by atoms with Gasteiger partial charge in [-0.3, -0.25) is 9.63 Å². The first kappa shape index (κ1) is 19.4. The third-order valence-corrected chi connectivity index (χ3v) is 2.99. The minimum absolute atomic E-state index is 0.0919. The molecule has 1 aromatic heterocycles. The van der Waals surface area contributed by atoms with Crippen molar-refractivity contribution in [2.45, 2.75) is 13.1 Å². The fourth-order valence-electron chi connectivity index (χ4n) is 1.70. The van der Waals surface area contributed by atoms with Gasteiger partial charge in [0, 0.05) is 12.6 Å². The van der Waals surface area contributed by atoms with Crippen LogP contribution in [0.3, 0.4) is 0 Å². The number of ether oxygens (including phenoxy) is 1. The van der Waals surface area contributed by atoms with E-state index in [1.54, 1.807) is 0 Å². The largest absolute Gasteiger partial charge is 0.445 e. The lowest BCUT2D eigenvalue weighted by molar-refractivity contribution is -0.141. The number of nitrogens with zero attached hydrogens (tertiary/aromatic N) is 2. The van der Waals surface area contributed by atoms with E-state index in [4.69, 9.17) is 10.6 Å². The highest BCUT2D eigenvalue weighted by Crippen LogP contribution is 2.30. The number of halogens is 3. The monoisotopic (exact) mass is 347 g/mol. The third-order valence-electron chi connectivity index (χ3n) is 2.99. The number of alkyl halides is 3. The van der Waals surface area contributed by atoms with Crippen molar-refractivity contribution >= 4 is 18.1 Å². The number of rotatable bonds is 5. The van der Waals surface area contributed by atoms with Crippen molar-refractivity contribution in [3.8, 4) is 0 Å². The fraction of sp³-hybridized carbons (Fsp3) is 0.357. The van der Waals surface area contributed by atoms with Crippen molar-refractivity contribution in [1.82, 2.24) is 10.0 Å². The van der Waals surface area contributed by atoms with E-state index in [9.17, 15) is 22.8 Å². The lowest BCUT2D eigenvalue weighted by Gasteiger charge is -2.17. The Balaban J connectivity index is 3.32. The van der Waals surface area contributed by atoms with Gasteiger partial charge in [-0.1, -0.05) is 0 Å². The van der Waals surface area contributed by atoms with Crippen LogP contribution in [0, 0.1) is 6.92 Å². The number of hydrogen-bond acceptors (Lipinski definition) is 5. The second-order valence-corrected chi connectivity index (χ2v) is 4.58. The summed E-state index contributed by atoms with van der Waals surface area (Å²) in [6.07, 6.45) is -3.29. The molecule has 0 radical (unpaired) electrons. The van der Waals surface area contributed by atoms with Crippen LogP contribution in [0.25, 0.3) is 6.08 Å². The Kier molecular flexibility index (Phi) is 6.29. The zero-order valence-corrected chi connectivity index (χ0v) is 13.2. The van der Waals surface area contributed by atoms with E-state index in [1.807, 2.05) is 0 Å². The van der Waals surface area contributed by atoms with Gasteiger partial charge in [-0.25, -0.2) is 14.8 Å². The van der Waals surface area contributed by atoms with Gasteiger partial charge in [0.15, 0.2) is 0 Å². The van der Waals surface area contributed by atoms with Gasteiger partial charge in [0.25, 0.3) is 5.91 Å². The zero-order valence-electron chi connectivity index (χ0n) is 13.2. The Hall–Kier alpha value is -2.62. The molecule has 10 heteroatoms. The van der Waals surface area contributed by atoms with Crippen molar-refractivity contribution in [2.24, 2.45) is 5.73 Å². The first-order chi connectivity index (χ1) is 11.1. The standard InChI is InChI=1S/C14H16F3N3O4/c1-8-9(12(21)20(2)23-3)7-11(14(15,16)17)19-10(8)5-4-6-24-13(18)22/h4-5,7H,6H2,1-3H3,(H2,18,22)/b5-4+. The Bertz CT molecular complexity index is 659. The highest BCUT2D eigenvalue weighted by molar-refractivity contribution is 5.95. The average Bonchev–Trinajstić information content (AvgIpc) is 2.50. The first-order valence-corrected chi connectivity index (χ1v) is 6.57. The molecular formula is C14H16F3N3O4. The normalized spacial score (nSPS) is 11.6. The number of hydrogen-bond donors (Lipinski definition) is 1. The number of amides is 2. The maximum atomic E-state index is 13.0. The predicted octanol–water partition coefficient (Wildman–Crippen LogP) is 2.15. The molecule has 0 atom stereocenters. The van der Waals surface area contributed by atoms with Gasteiger partial charge in [-0.05, 0) is 30.7 Å². The van der Waals surface area contributed by atoms with Gasteiger partial charge in [-0.15, -0.1) is 0 Å². The number of pyridine rings is 1. The van der Waals surface area contributed by atoms with E-state index >= 15 is 0 Å². The van der Waals surface area contributed by atoms with Crippen LogP contribution >= 0.6 is 0 Å². The van der Waals surface area contributed by atoms with E-state index < -0.39 is 23.9 Å². The molecule has 2 N–H and O–H groups in total. The molecule has 7 nitrogen and oxygen atoms in total. The number of hydroxylamine groups is 2. The number of carbonyl (C=O) groups is 2. The highest BCUT2D eigenvalue weighted by atomic mass is 19.4. The van der Waals surface area contributed by atoms with Gasteiger partial charge in [-0.2, -0.15) is 13.2 Å². The van der Waals surface area contributed by atoms with Crippen LogP contribution in [-0.4, -0.2) is 42.8 Å². The Labute approximate surface area is 135 Å². The first-order valence-electron chi connectivity index (χ1n) is 6.57. The molecule has 132 valence electrons. The second-order valence-electron chi connectivity index (χ2n) is 4.58. The Morgan fingerprint density at radius 2 is 2.04 bits per heavy atom.